The van der Waals surface area contributed by atoms with Crippen molar-refractivity contribution < 1.29 is 59.1 Å². The zero-order valence-corrected chi connectivity index (χ0v) is 12.4. The topological polar surface area (TPSA) is 247 Å². The molecule has 0 aliphatic rings. The molecule has 0 aliphatic heterocycles. The van der Waals surface area contributed by atoms with Crippen LogP contribution in [0.25, 0.3) is 0 Å². The average Bonchev–Trinajstić information content (AvgIpc) is 2.01. The second-order valence-corrected chi connectivity index (χ2v) is 4.50. The summed E-state index contributed by atoms with van der Waals surface area (Å²) >= 11 is -6.17. The second-order valence-electron chi connectivity index (χ2n) is 1.56. The summed E-state index contributed by atoms with van der Waals surface area (Å²) in [7, 11) is 0. The number of hydrogen-bond donors (Lipinski definition) is 4. The Morgan fingerprint density at radius 1 is 0.750 bits per heavy atom. The molecule has 0 heterocycles. The van der Waals surface area contributed by atoms with Gasteiger partial charge in [-0.15, -0.1) is 0 Å². The molecule has 16 heavy (non-hydrogen) atoms. The van der Waals surface area contributed by atoms with Crippen LogP contribution in [0.3, 0.4) is 0 Å². The molecule has 0 aromatic heterocycles. The van der Waals surface area contributed by atoms with E-state index >= 15 is 0 Å². The van der Waals surface area contributed by atoms with Crippen LogP contribution in [0.2, 0.25) is 0 Å². The molecule has 0 saturated heterocycles. The van der Waals surface area contributed by atoms with Crippen LogP contribution >= 0.6 is 0 Å². The SMILES string of the molecule is NCCN.NCCN.O.O.[Cu+2].[O]=[W](=[O])([O-])[O-]. The van der Waals surface area contributed by atoms with E-state index < -0.39 is 16.7 Å². The predicted molar refractivity (Wildman–Crippen MR) is 44.8 cm³/mol. The summed E-state index contributed by atoms with van der Waals surface area (Å²) in [5.41, 5.74) is 19.6. The van der Waals surface area contributed by atoms with Crippen LogP contribution in [-0.2, 0) is 40.6 Å². The van der Waals surface area contributed by atoms with Crippen molar-refractivity contribution in [2.24, 2.45) is 22.9 Å². The van der Waals surface area contributed by atoms with Crippen molar-refractivity contribution in [1.29, 1.82) is 0 Å². The van der Waals surface area contributed by atoms with E-state index in [1.165, 1.54) is 0 Å². The molecule has 0 fully saturated rings. The van der Waals surface area contributed by atoms with Crippen molar-refractivity contribution in [2.75, 3.05) is 26.2 Å². The fourth-order valence-corrected chi connectivity index (χ4v) is 0. The van der Waals surface area contributed by atoms with Gasteiger partial charge in [0.15, 0.2) is 0 Å². The van der Waals surface area contributed by atoms with E-state index in [4.69, 9.17) is 37.2 Å². The van der Waals surface area contributed by atoms with Crippen LogP contribution in [-0.4, -0.2) is 37.1 Å². The van der Waals surface area contributed by atoms with Gasteiger partial charge >= 0.3 is 48.1 Å². The molecule has 0 atom stereocenters. The van der Waals surface area contributed by atoms with Crippen LogP contribution in [0.5, 0.6) is 0 Å². The summed E-state index contributed by atoms with van der Waals surface area (Å²) in [6.07, 6.45) is 0. The Labute approximate surface area is 108 Å². The molecule has 0 rings (SSSR count). The number of hydrogen-bond acceptors (Lipinski definition) is 8. The minimum absolute atomic E-state index is 0. The Morgan fingerprint density at radius 3 is 0.812 bits per heavy atom. The molecule has 0 spiro atoms. The van der Waals surface area contributed by atoms with Crippen LogP contribution in [0.4, 0.5) is 0 Å². The molecule has 0 aromatic rings. The van der Waals surface area contributed by atoms with Gasteiger partial charge in [-0.1, -0.05) is 0 Å². The van der Waals surface area contributed by atoms with Crippen molar-refractivity contribution in [3.63, 3.8) is 0 Å². The molecule has 0 aromatic carbocycles. The summed E-state index contributed by atoms with van der Waals surface area (Å²) in [5, 5.41) is 0. The number of rotatable bonds is 2. The van der Waals surface area contributed by atoms with Crippen molar-refractivity contribution in [3.8, 4) is 0 Å². The molecule has 12 N–H and O–H groups in total. The Hall–Kier alpha value is 0.488. The van der Waals surface area contributed by atoms with Crippen molar-refractivity contribution in [2.45, 2.75) is 0 Å². The van der Waals surface area contributed by atoms with Gasteiger partial charge in [-0.25, -0.2) is 0 Å². The van der Waals surface area contributed by atoms with Gasteiger partial charge in [0.1, 0.15) is 0 Å². The van der Waals surface area contributed by atoms with Gasteiger partial charge in [0.05, 0.1) is 0 Å². The first-order valence-corrected chi connectivity index (χ1v) is 8.09. The van der Waals surface area contributed by atoms with E-state index in [0.29, 0.717) is 26.2 Å². The quantitative estimate of drug-likeness (QED) is 0.283. The molecule has 0 aliphatic carbocycles. The third-order valence-corrected chi connectivity index (χ3v) is 0.333. The molecule has 0 saturated carbocycles. The van der Waals surface area contributed by atoms with E-state index in [2.05, 4.69) is 0 Å². The van der Waals surface area contributed by atoms with Gasteiger partial charge in [-0.2, -0.15) is 0 Å². The monoisotopic (exact) mass is 467 g/mol. The Balaban J connectivity index is -0.0000000216. The molecular formula is C4H20CuN4O6W. The average molecular weight is 468 g/mol. The first-order chi connectivity index (χ1) is 5.83. The van der Waals surface area contributed by atoms with Crippen LogP contribution in [0.15, 0.2) is 0 Å². The van der Waals surface area contributed by atoms with Gasteiger partial charge in [-0.05, 0) is 0 Å². The standard InChI is InChI=1S/2C2H8N2.Cu.2H2O.4O.W/c2*3-1-2-4;;;;;;;;/h2*1-4H2;;2*1H2;;;;;/q;;+2;;;;;2*-1;. The maximum absolute atomic E-state index is 8.65. The molecule has 0 unspecified atom stereocenters. The fraction of sp³-hybridized carbons (Fsp3) is 1.00. The third-order valence-electron chi connectivity index (χ3n) is 0.333. The Bertz CT molecular complexity index is 152. The predicted octanol–water partition coefficient (Wildman–Crippen LogP) is -6.46. The van der Waals surface area contributed by atoms with Crippen LogP contribution in [0, 0.1) is 0 Å². The molecule has 0 amide bonds. The first-order valence-electron chi connectivity index (χ1n) is 3.30. The molecule has 109 valence electrons. The number of nitrogens with two attached hydrogens (primary N) is 4. The van der Waals surface area contributed by atoms with E-state index in [-0.39, 0.29) is 28.0 Å². The van der Waals surface area contributed by atoms with E-state index in [1.807, 2.05) is 0 Å². The maximum atomic E-state index is 8.65. The van der Waals surface area contributed by atoms with E-state index in [1.54, 1.807) is 0 Å². The van der Waals surface area contributed by atoms with Crippen LogP contribution < -0.4 is 30.5 Å². The van der Waals surface area contributed by atoms with Gasteiger partial charge in [-0.3, -0.25) is 0 Å². The molecule has 1 radical (unpaired) electrons. The summed E-state index contributed by atoms with van der Waals surface area (Å²) < 4.78 is 34.6. The van der Waals surface area contributed by atoms with Crippen LogP contribution in [0.1, 0.15) is 0 Å². The zero-order chi connectivity index (χ0) is 11.3. The Morgan fingerprint density at radius 2 is 0.812 bits per heavy atom. The van der Waals surface area contributed by atoms with E-state index in [0.717, 1.165) is 0 Å². The summed E-state index contributed by atoms with van der Waals surface area (Å²) in [6, 6.07) is 0. The van der Waals surface area contributed by atoms with Crippen molar-refractivity contribution in [1.82, 2.24) is 0 Å². The summed E-state index contributed by atoms with van der Waals surface area (Å²) in [4.78, 5) is 0. The fourth-order valence-electron chi connectivity index (χ4n) is 0. The third kappa shape index (κ3) is 426. The molecule has 10 nitrogen and oxygen atoms in total. The van der Waals surface area contributed by atoms with Crippen molar-refractivity contribution >= 4 is 0 Å². The molecule has 12 heteroatoms. The van der Waals surface area contributed by atoms with Crippen molar-refractivity contribution in [3.05, 3.63) is 0 Å². The minimum atomic E-state index is -6.17. The zero-order valence-electron chi connectivity index (χ0n) is 8.48. The Kier molecular flexibility index (Phi) is 66.4. The second kappa shape index (κ2) is 29.6. The summed E-state index contributed by atoms with van der Waals surface area (Å²) in [6.45, 7) is 2.39. The van der Waals surface area contributed by atoms with Gasteiger partial charge < -0.3 is 33.9 Å². The van der Waals surface area contributed by atoms with Gasteiger partial charge in [0.2, 0.25) is 0 Å². The molecule has 0 bridgehead atoms. The molecular weight excluding hydrogens is 447 g/mol. The van der Waals surface area contributed by atoms with E-state index in [9.17, 15) is 0 Å². The van der Waals surface area contributed by atoms with Gasteiger partial charge in [0, 0.05) is 26.2 Å². The normalized spacial score (nSPS) is 7.38. The summed E-state index contributed by atoms with van der Waals surface area (Å²) in [5.74, 6) is 0. The first kappa shape index (κ1) is 36.0. The van der Waals surface area contributed by atoms with Gasteiger partial charge in [0.25, 0.3) is 0 Å².